The monoisotopic (exact) mass is 324 g/mol. The van der Waals surface area contributed by atoms with Crippen LogP contribution in [0, 0.1) is 5.92 Å². The zero-order valence-corrected chi connectivity index (χ0v) is 13.0. The van der Waals surface area contributed by atoms with Gasteiger partial charge in [-0.3, -0.25) is 4.79 Å². The summed E-state index contributed by atoms with van der Waals surface area (Å²) in [5.74, 6) is 0.956. The van der Waals surface area contributed by atoms with E-state index in [1.807, 2.05) is 23.9 Å². The highest BCUT2D eigenvalue weighted by Gasteiger charge is 2.36. The maximum atomic E-state index is 12.7. The average molecular weight is 325 g/mol. The molecule has 1 atom stereocenters. The SMILES string of the molecule is Cn1cc(Br)cc1C(=O)N1CCCC1C1CCCC1. The zero-order valence-electron chi connectivity index (χ0n) is 11.4. The lowest BCUT2D eigenvalue weighted by molar-refractivity contribution is 0.0679. The van der Waals surface area contributed by atoms with Gasteiger partial charge in [-0.25, -0.2) is 0 Å². The zero-order chi connectivity index (χ0) is 13.4. The van der Waals surface area contributed by atoms with Crippen LogP contribution in [0.5, 0.6) is 0 Å². The molecular formula is C15H21BrN2O. The van der Waals surface area contributed by atoms with Crippen molar-refractivity contribution in [3.63, 3.8) is 0 Å². The number of hydrogen-bond acceptors (Lipinski definition) is 1. The fourth-order valence-electron chi connectivity index (χ4n) is 3.76. The number of aromatic nitrogens is 1. The fraction of sp³-hybridized carbons (Fsp3) is 0.667. The van der Waals surface area contributed by atoms with Crippen molar-refractivity contribution < 1.29 is 4.79 Å². The first-order valence-electron chi connectivity index (χ1n) is 7.29. The summed E-state index contributed by atoms with van der Waals surface area (Å²) in [6, 6.07) is 2.43. The number of carbonyl (C=O) groups excluding carboxylic acids is 1. The molecule has 1 aliphatic carbocycles. The van der Waals surface area contributed by atoms with E-state index < -0.39 is 0 Å². The average Bonchev–Trinajstić information content (AvgIpc) is 3.06. The van der Waals surface area contributed by atoms with E-state index in [9.17, 15) is 4.79 Å². The predicted molar refractivity (Wildman–Crippen MR) is 79.1 cm³/mol. The number of halogens is 1. The first kappa shape index (κ1) is 13.2. The molecule has 2 heterocycles. The minimum Gasteiger partial charge on any atom is -0.345 e. The minimum atomic E-state index is 0.211. The number of carbonyl (C=O) groups is 1. The van der Waals surface area contributed by atoms with Crippen molar-refractivity contribution in [1.82, 2.24) is 9.47 Å². The van der Waals surface area contributed by atoms with Crippen LogP contribution >= 0.6 is 15.9 Å². The van der Waals surface area contributed by atoms with Gasteiger partial charge in [0.05, 0.1) is 0 Å². The third kappa shape index (κ3) is 2.47. The first-order chi connectivity index (χ1) is 9.16. The van der Waals surface area contributed by atoms with Gasteiger partial charge in [-0.15, -0.1) is 0 Å². The summed E-state index contributed by atoms with van der Waals surface area (Å²) >= 11 is 3.45. The molecule has 2 fully saturated rings. The van der Waals surface area contributed by atoms with E-state index in [2.05, 4.69) is 20.8 Å². The van der Waals surface area contributed by atoms with E-state index >= 15 is 0 Å². The van der Waals surface area contributed by atoms with Gasteiger partial charge < -0.3 is 9.47 Å². The van der Waals surface area contributed by atoms with Gasteiger partial charge in [0.15, 0.2) is 0 Å². The molecule has 3 rings (SSSR count). The molecule has 19 heavy (non-hydrogen) atoms. The van der Waals surface area contributed by atoms with Crippen molar-refractivity contribution in [3.05, 3.63) is 22.4 Å². The molecule has 1 amide bonds. The van der Waals surface area contributed by atoms with Crippen LogP contribution in [0.2, 0.25) is 0 Å². The molecule has 0 spiro atoms. The third-order valence-electron chi connectivity index (χ3n) is 4.69. The Bertz CT molecular complexity index is 476. The van der Waals surface area contributed by atoms with E-state index in [4.69, 9.17) is 0 Å². The lowest BCUT2D eigenvalue weighted by Crippen LogP contribution is -2.40. The van der Waals surface area contributed by atoms with Crippen molar-refractivity contribution in [2.75, 3.05) is 6.54 Å². The summed E-state index contributed by atoms with van der Waals surface area (Å²) < 4.78 is 2.91. The topological polar surface area (TPSA) is 25.2 Å². The van der Waals surface area contributed by atoms with Crippen molar-refractivity contribution in [2.24, 2.45) is 13.0 Å². The summed E-state index contributed by atoms with van der Waals surface area (Å²) in [5, 5.41) is 0. The Kier molecular flexibility index (Phi) is 3.70. The quantitative estimate of drug-likeness (QED) is 0.816. The maximum Gasteiger partial charge on any atom is 0.270 e. The van der Waals surface area contributed by atoms with Gasteiger partial charge in [0, 0.05) is 30.3 Å². The first-order valence-corrected chi connectivity index (χ1v) is 8.09. The normalized spacial score (nSPS) is 24.3. The molecule has 0 bridgehead atoms. The van der Waals surface area contributed by atoms with Gasteiger partial charge in [0.25, 0.3) is 5.91 Å². The van der Waals surface area contributed by atoms with Crippen molar-refractivity contribution >= 4 is 21.8 Å². The number of amides is 1. The smallest absolute Gasteiger partial charge is 0.270 e. The number of nitrogens with zero attached hydrogens (tertiary/aromatic N) is 2. The summed E-state index contributed by atoms with van der Waals surface area (Å²) in [5.41, 5.74) is 0.803. The Labute approximate surface area is 123 Å². The molecule has 1 aromatic rings. The van der Waals surface area contributed by atoms with Crippen LogP contribution in [0.1, 0.15) is 49.0 Å². The molecule has 0 N–H and O–H groups in total. The molecule has 0 radical (unpaired) electrons. The van der Waals surface area contributed by atoms with Gasteiger partial charge in [-0.2, -0.15) is 0 Å². The van der Waals surface area contributed by atoms with Gasteiger partial charge >= 0.3 is 0 Å². The second-order valence-corrected chi connectivity index (χ2v) is 6.82. The molecule has 104 valence electrons. The largest absolute Gasteiger partial charge is 0.345 e. The third-order valence-corrected chi connectivity index (χ3v) is 5.13. The Morgan fingerprint density at radius 2 is 2.00 bits per heavy atom. The van der Waals surface area contributed by atoms with Crippen molar-refractivity contribution in [1.29, 1.82) is 0 Å². The number of rotatable bonds is 2. The molecule has 1 unspecified atom stereocenters. The molecule has 4 heteroatoms. The Morgan fingerprint density at radius 1 is 1.26 bits per heavy atom. The fourth-order valence-corrected chi connectivity index (χ4v) is 4.28. The van der Waals surface area contributed by atoms with E-state index in [0.717, 1.165) is 22.6 Å². The summed E-state index contributed by atoms with van der Waals surface area (Å²) in [6.07, 6.45) is 9.63. The van der Waals surface area contributed by atoms with Crippen LogP contribution in [-0.2, 0) is 7.05 Å². The summed E-state index contributed by atoms with van der Waals surface area (Å²) in [7, 11) is 1.94. The Hall–Kier alpha value is -0.770. The Morgan fingerprint density at radius 3 is 2.63 bits per heavy atom. The standard InChI is InChI=1S/C15H21BrN2O/c1-17-10-12(16)9-14(17)15(19)18-8-4-7-13(18)11-5-2-3-6-11/h9-11,13H,2-8H2,1H3. The molecule has 0 aromatic carbocycles. The van der Waals surface area contributed by atoms with E-state index in [1.54, 1.807) is 0 Å². The number of aryl methyl sites for hydroxylation is 1. The highest BCUT2D eigenvalue weighted by atomic mass is 79.9. The predicted octanol–water partition coefficient (Wildman–Crippen LogP) is 3.58. The summed E-state index contributed by atoms with van der Waals surface area (Å²) in [4.78, 5) is 14.9. The summed E-state index contributed by atoms with van der Waals surface area (Å²) in [6.45, 7) is 0.933. The van der Waals surface area contributed by atoms with Crippen LogP contribution < -0.4 is 0 Å². The lowest BCUT2D eigenvalue weighted by atomic mass is 9.96. The van der Waals surface area contributed by atoms with Gasteiger partial charge in [0.2, 0.25) is 0 Å². The van der Waals surface area contributed by atoms with Crippen LogP contribution in [0.4, 0.5) is 0 Å². The van der Waals surface area contributed by atoms with Gasteiger partial charge in [-0.05, 0) is 53.6 Å². The van der Waals surface area contributed by atoms with E-state index in [1.165, 1.54) is 38.5 Å². The van der Waals surface area contributed by atoms with E-state index in [0.29, 0.717) is 6.04 Å². The van der Waals surface area contributed by atoms with Crippen LogP contribution in [0.3, 0.4) is 0 Å². The molecule has 1 aliphatic heterocycles. The van der Waals surface area contributed by atoms with Crippen molar-refractivity contribution in [2.45, 2.75) is 44.6 Å². The maximum absolute atomic E-state index is 12.7. The van der Waals surface area contributed by atoms with Crippen LogP contribution in [-0.4, -0.2) is 28.0 Å². The molecule has 1 saturated heterocycles. The molecule has 3 nitrogen and oxygen atoms in total. The van der Waals surface area contributed by atoms with Gasteiger partial charge in [-0.1, -0.05) is 12.8 Å². The van der Waals surface area contributed by atoms with Crippen LogP contribution in [0.25, 0.3) is 0 Å². The molecule has 2 aliphatic rings. The van der Waals surface area contributed by atoms with Crippen molar-refractivity contribution in [3.8, 4) is 0 Å². The number of likely N-dealkylation sites (tertiary alicyclic amines) is 1. The molecule has 1 saturated carbocycles. The molecule has 1 aromatic heterocycles. The second-order valence-electron chi connectivity index (χ2n) is 5.91. The Balaban J connectivity index is 1.80. The van der Waals surface area contributed by atoms with Gasteiger partial charge in [0.1, 0.15) is 5.69 Å². The van der Waals surface area contributed by atoms with E-state index in [-0.39, 0.29) is 5.91 Å². The van der Waals surface area contributed by atoms with Crippen LogP contribution in [0.15, 0.2) is 16.7 Å². The minimum absolute atomic E-state index is 0.211. The second kappa shape index (κ2) is 5.31. The lowest BCUT2D eigenvalue weighted by Gasteiger charge is -2.29. The highest BCUT2D eigenvalue weighted by molar-refractivity contribution is 9.10. The molecular weight excluding hydrogens is 304 g/mol. The number of hydrogen-bond donors (Lipinski definition) is 0. The highest BCUT2D eigenvalue weighted by Crippen LogP contribution is 2.36.